The monoisotopic (exact) mass is 566 g/mol. The minimum Gasteiger partial charge on any atom is -0.394 e. The Labute approximate surface area is 232 Å². The van der Waals surface area contributed by atoms with E-state index in [9.17, 15) is 27.9 Å². The van der Waals surface area contributed by atoms with Crippen molar-refractivity contribution >= 4 is 39.4 Å². The number of amides is 2. The quantitative estimate of drug-likeness (QED) is 0.141. The Balaban J connectivity index is 2.05. The third-order valence-electron chi connectivity index (χ3n) is 5.96. The third-order valence-corrected chi connectivity index (χ3v) is 6.42. The zero-order valence-electron chi connectivity index (χ0n) is 22.1. The number of hydrogen-bond acceptors (Lipinski definition) is 8. The summed E-state index contributed by atoms with van der Waals surface area (Å²) >= 11 is 0. The van der Waals surface area contributed by atoms with Crippen molar-refractivity contribution in [3.05, 3.63) is 89.0 Å². The molecule has 40 heavy (non-hydrogen) atoms. The van der Waals surface area contributed by atoms with Gasteiger partial charge < -0.3 is 25.7 Å². The molecule has 3 rings (SSSR count). The molecule has 0 spiro atoms. The van der Waals surface area contributed by atoms with Crippen LogP contribution < -0.4 is 16.4 Å². The largest absolute Gasteiger partial charge is 0.394 e. The summed E-state index contributed by atoms with van der Waals surface area (Å²) in [5, 5.41) is 22.5. The van der Waals surface area contributed by atoms with E-state index in [-0.39, 0.29) is 46.2 Å². The zero-order valence-corrected chi connectivity index (χ0v) is 22.9. The highest BCUT2D eigenvalue weighted by atomic mass is 32.2. The van der Waals surface area contributed by atoms with Gasteiger partial charge >= 0.3 is 16.1 Å². The fourth-order valence-corrected chi connectivity index (χ4v) is 4.16. The average Bonchev–Trinajstić information content (AvgIpc) is 2.90. The second-order valence-corrected chi connectivity index (χ2v) is 10.9. The number of nitrogen functional groups attached to an aromatic ring is 1. The predicted octanol–water partition coefficient (Wildman–Crippen LogP) is 2.75. The highest BCUT2D eigenvalue weighted by molar-refractivity contribution is 7.86. The van der Waals surface area contributed by atoms with Crippen LogP contribution in [0.15, 0.2) is 66.7 Å². The molecule has 0 saturated carbocycles. The van der Waals surface area contributed by atoms with Gasteiger partial charge in [0.15, 0.2) is 0 Å². The molecule has 11 nitrogen and oxygen atoms in total. The van der Waals surface area contributed by atoms with Crippen LogP contribution in [-0.2, 0) is 14.3 Å². The standard InChI is InChI=1S/C28H30N4O7S/c1-16(2)24(15-33)32-26(34)18-10-13-21(23(14-18)28(36)39-40(3,37)38)20-6-4-5-7-22(20)27(35)31-19-11-8-17(9-12-19)25(29)30/h4-14,16,24,33H,15H2,1-3H3,(H3,29,30)(H,31,35)(H,32,34)/t24-/m0/s1. The Morgan fingerprint density at radius 2 is 1.52 bits per heavy atom. The maximum atomic E-state index is 13.3. The van der Waals surface area contributed by atoms with Crippen molar-refractivity contribution in [2.75, 3.05) is 18.2 Å². The Kier molecular flexibility index (Phi) is 9.40. The second-order valence-electron chi connectivity index (χ2n) is 9.33. The first-order chi connectivity index (χ1) is 18.8. The van der Waals surface area contributed by atoms with E-state index < -0.39 is 33.9 Å². The summed E-state index contributed by atoms with van der Waals surface area (Å²) in [6.45, 7) is 3.34. The number of carbonyl (C=O) groups is 3. The minimum absolute atomic E-state index is 0.0239. The molecule has 0 bridgehead atoms. The Hall–Kier alpha value is -4.55. The van der Waals surface area contributed by atoms with Crippen LogP contribution in [0.25, 0.3) is 11.1 Å². The van der Waals surface area contributed by atoms with Crippen molar-refractivity contribution in [2.45, 2.75) is 19.9 Å². The second kappa shape index (κ2) is 12.5. The summed E-state index contributed by atoms with van der Waals surface area (Å²) in [5.41, 5.74) is 6.75. The lowest BCUT2D eigenvalue weighted by Gasteiger charge is -2.20. The van der Waals surface area contributed by atoms with Crippen molar-refractivity contribution in [2.24, 2.45) is 11.7 Å². The summed E-state index contributed by atoms with van der Waals surface area (Å²) in [6.07, 6.45) is 0.717. The molecule has 0 heterocycles. The zero-order chi connectivity index (χ0) is 29.6. The Morgan fingerprint density at radius 1 is 0.925 bits per heavy atom. The number of rotatable bonds is 10. The molecule has 0 fully saturated rings. The van der Waals surface area contributed by atoms with Gasteiger partial charge in [0, 0.05) is 22.4 Å². The molecule has 0 aliphatic rings. The van der Waals surface area contributed by atoms with E-state index in [0.29, 0.717) is 17.5 Å². The summed E-state index contributed by atoms with van der Waals surface area (Å²) in [4.78, 5) is 39.1. The molecule has 210 valence electrons. The van der Waals surface area contributed by atoms with Crippen LogP contribution in [0.2, 0.25) is 0 Å². The van der Waals surface area contributed by atoms with Gasteiger partial charge in [-0.3, -0.25) is 15.0 Å². The smallest absolute Gasteiger partial charge is 0.354 e. The van der Waals surface area contributed by atoms with Gasteiger partial charge in [-0.2, -0.15) is 8.42 Å². The number of hydrogen-bond donors (Lipinski definition) is 5. The minimum atomic E-state index is -4.20. The summed E-state index contributed by atoms with van der Waals surface area (Å²) in [5.74, 6) is -2.55. The molecule has 0 saturated heterocycles. The van der Waals surface area contributed by atoms with Gasteiger partial charge in [-0.25, -0.2) is 4.79 Å². The normalized spacial score (nSPS) is 11.9. The maximum Gasteiger partial charge on any atom is 0.354 e. The number of nitrogens with two attached hydrogens (primary N) is 1. The summed E-state index contributed by atoms with van der Waals surface area (Å²) in [7, 11) is -4.20. The number of carbonyl (C=O) groups excluding carboxylic acids is 3. The molecule has 0 aliphatic carbocycles. The van der Waals surface area contributed by atoms with Crippen molar-refractivity contribution in [3.63, 3.8) is 0 Å². The number of aliphatic hydroxyl groups is 1. The lowest BCUT2D eigenvalue weighted by Crippen LogP contribution is -2.41. The first-order valence-electron chi connectivity index (χ1n) is 12.2. The van der Waals surface area contributed by atoms with Gasteiger partial charge in [0.2, 0.25) is 0 Å². The van der Waals surface area contributed by atoms with E-state index in [0.717, 1.165) is 0 Å². The van der Waals surface area contributed by atoms with Crippen molar-refractivity contribution < 1.29 is 32.1 Å². The Morgan fingerprint density at radius 3 is 2.10 bits per heavy atom. The Bertz CT molecular complexity index is 1550. The van der Waals surface area contributed by atoms with Gasteiger partial charge in [0.05, 0.1) is 24.5 Å². The molecular formula is C28H30N4O7S. The number of anilines is 1. The van der Waals surface area contributed by atoms with Crippen molar-refractivity contribution in [3.8, 4) is 11.1 Å². The van der Waals surface area contributed by atoms with E-state index in [1.54, 1.807) is 42.5 Å². The topological polar surface area (TPSA) is 189 Å². The number of nitrogens with one attached hydrogen (secondary N) is 3. The molecule has 12 heteroatoms. The SMILES string of the molecule is CC(C)[C@H](CO)NC(=O)c1ccc(-c2ccccc2C(=O)Nc2ccc(C(=N)N)cc2)c(C(=O)OS(C)(=O)=O)c1. The predicted molar refractivity (Wildman–Crippen MR) is 151 cm³/mol. The first kappa shape index (κ1) is 30.0. The molecule has 3 aromatic carbocycles. The van der Waals surface area contributed by atoms with Crippen LogP contribution in [0.5, 0.6) is 0 Å². The number of benzene rings is 3. The molecule has 0 aliphatic heterocycles. The maximum absolute atomic E-state index is 13.3. The van der Waals surface area contributed by atoms with Gasteiger partial charge in [0.1, 0.15) is 5.84 Å². The molecular weight excluding hydrogens is 536 g/mol. The van der Waals surface area contributed by atoms with Gasteiger partial charge in [0.25, 0.3) is 11.8 Å². The van der Waals surface area contributed by atoms with E-state index in [1.165, 1.54) is 24.3 Å². The van der Waals surface area contributed by atoms with Gasteiger partial charge in [-0.1, -0.05) is 38.1 Å². The van der Waals surface area contributed by atoms with E-state index in [1.807, 2.05) is 13.8 Å². The molecule has 0 unspecified atom stereocenters. The van der Waals surface area contributed by atoms with Crippen LogP contribution >= 0.6 is 0 Å². The van der Waals surface area contributed by atoms with E-state index in [4.69, 9.17) is 11.1 Å². The summed E-state index contributed by atoms with van der Waals surface area (Å²) < 4.78 is 28.1. The highest BCUT2D eigenvalue weighted by Crippen LogP contribution is 2.30. The third kappa shape index (κ3) is 7.52. The van der Waals surface area contributed by atoms with Gasteiger partial charge in [-0.15, -0.1) is 0 Å². The van der Waals surface area contributed by atoms with Crippen molar-refractivity contribution in [1.29, 1.82) is 5.41 Å². The lowest BCUT2D eigenvalue weighted by molar-refractivity contribution is 0.0748. The lowest BCUT2D eigenvalue weighted by atomic mass is 9.93. The highest BCUT2D eigenvalue weighted by Gasteiger charge is 2.24. The first-order valence-corrected chi connectivity index (χ1v) is 14.0. The fraction of sp³-hybridized carbons (Fsp3) is 0.214. The van der Waals surface area contributed by atoms with E-state index >= 15 is 0 Å². The molecule has 3 aromatic rings. The number of aliphatic hydroxyl groups excluding tert-OH is 1. The van der Waals surface area contributed by atoms with Crippen molar-refractivity contribution in [1.82, 2.24) is 5.32 Å². The molecule has 2 amide bonds. The van der Waals surface area contributed by atoms with Gasteiger partial charge in [-0.05, 0) is 59.5 Å². The van der Waals surface area contributed by atoms with Crippen LogP contribution in [0, 0.1) is 11.3 Å². The summed E-state index contributed by atoms with van der Waals surface area (Å²) in [6, 6.07) is 16.1. The molecule has 1 atom stereocenters. The van der Waals surface area contributed by atoms with Crippen LogP contribution in [-0.4, -0.2) is 56.0 Å². The van der Waals surface area contributed by atoms with E-state index in [2.05, 4.69) is 14.8 Å². The van der Waals surface area contributed by atoms with Crippen LogP contribution in [0.4, 0.5) is 5.69 Å². The molecule has 6 N–H and O–H groups in total. The number of amidine groups is 1. The molecule has 0 aromatic heterocycles. The average molecular weight is 567 g/mol. The van der Waals surface area contributed by atoms with Crippen LogP contribution in [0.3, 0.4) is 0 Å². The fourth-order valence-electron chi connectivity index (χ4n) is 3.79. The van der Waals surface area contributed by atoms with Crippen LogP contribution in [0.1, 0.15) is 50.5 Å². The molecule has 0 radical (unpaired) electrons.